The van der Waals surface area contributed by atoms with Crippen LogP contribution >= 0.6 is 0 Å². The van der Waals surface area contributed by atoms with Crippen LogP contribution in [0.2, 0.25) is 0 Å². The fourth-order valence-electron chi connectivity index (χ4n) is 3.09. The molecule has 2 aromatic rings. The number of benzene rings is 1. The number of rotatable bonds is 6. The van der Waals surface area contributed by atoms with Crippen LogP contribution in [-0.2, 0) is 16.4 Å². The van der Waals surface area contributed by atoms with E-state index < -0.39 is 10.0 Å². The van der Waals surface area contributed by atoms with Gasteiger partial charge in [0.2, 0.25) is 10.0 Å². The van der Waals surface area contributed by atoms with E-state index in [1.807, 2.05) is 12.1 Å². The van der Waals surface area contributed by atoms with Crippen molar-refractivity contribution in [2.45, 2.75) is 30.6 Å². The van der Waals surface area contributed by atoms with Gasteiger partial charge in [0.25, 0.3) is 5.91 Å². The number of carbonyl (C=O) groups excluding carboxylic acids is 1. The molecule has 1 aromatic carbocycles. The van der Waals surface area contributed by atoms with E-state index in [9.17, 15) is 13.2 Å². The van der Waals surface area contributed by atoms with Gasteiger partial charge in [-0.3, -0.25) is 9.78 Å². The summed E-state index contributed by atoms with van der Waals surface area (Å²) in [4.78, 5) is 16.7. The van der Waals surface area contributed by atoms with Crippen LogP contribution in [0.5, 0.6) is 0 Å². The van der Waals surface area contributed by atoms with Crippen LogP contribution in [0.3, 0.4) is 0 Å². The van der Waals surface area contributed by atoms with Gasteiger partial charge in [-0.1, -0.05) is 24.6 Å². The summed E-state index contributed by atoms with van der Waals surface area (Å²) in [5.74, 6) is -0.370. The monoisotopic (exact) mass is 373 g/mol. The highest BCUT2D eigenvalue weighted by Crippen LogP contribution is 2.23. The van der Waals surface area contributed by atoms with Crippen LogP contribution in [0.15, 0.2) is 53.7 Å². The van der Waals surface area contributed by atoms with Crippen molar-refractivity contribution < 1.29 is 13.2 Å². The van der Waals surface area contributed by atoms with Crippen molar-refractivity contribution in [1.29, 1.82) is 0 Å². The lowest BCUT2D eigenvalue weighted by molar-refractivity contribution is 0.0950. The number of nitrogens with zero attached hydrogens (tertiary/aromatic N) is 2. The number of aromatic nitrogens is 1. The van der Waals surface area contributed by atoms with Crippen molar-refractivity contribution in [2.75, 3.05) is 19.6 Å². The van der Waals surface area contributed by atoms with Gasteiger partial charge in [0.1, 0.15) is 0 Å². The van der Waals surface area contributed by atoms with Gasteiger partial charge in [-0.15, -0.1) is 0 Å². The molecular weight excluding hydrogens is 350 g/mol. The van der Waals surface area contributed by atoms with Crippen LogP contribution < -0.4 is 5.32 Å². The zero-order chi connectivity index (χ0) is 18.4. The molecule has 0 radical (unpaired) electrons. The van der Waals surface area contributed by atoms with Gasteiger partial charge in [0.15, 0.2) is 0 Å². The van der Waals surface area contributed by atoms with Gasteiger partial charge in [0.05, 0.1) is 10.5 Å². The van der Waals surface area contributed by atoms with E-state index in [0.29, 0.717) is 26.1 Å². The molecule has 0 aliphatic carbocycles. The Balaban J connectivity index is 1.72. The van der Waals surface area contributed by atoms with Crippen LogP contribution in [0.4, 0.5) is 0 Å². The molecule has 1 N–H and O–H groups in total. The molecule has 2 heterocycles. The Kier molecular flexibility index (Phi) is 6.00. The average Bonchev–Trinajstić information content (AvgIpc) is 2.69. The number of amides is 1. The summed E-state index contributed by atoms with van der Waals surface area (Å²) in [6, 6.07) is 10.2. The first-order valence-corrected chi connectivity index (χ1v) is 10.3. The summed E-state index contributed by atoms with van der Waals surface area (Å²) in [5, 5.41) is 2.81. The lowest BCUT2D eigenvalue weighted by Crippen LogP contribution is -2.37. The van der Waals surface area contributed by atoms with Crippen molar-refractivity contribution in [1.82, 2.24) is 14.6 Å². The van der Waals surface area contributed by atoms with Crippen molar-refractivity contribution in [2.24, 2.45) is 0 Å². The summed E-state index contributed by atoms with van der Waals surface area (Å²) < 4.78 is 27.4. The predicted octanol–water partition coefficient (Wildman–Crippen LogP) is 2.23. The molecule has 3 rings (SSSR count). The van der Waals surface area contributed by atoms with Crippen LogP contribution in [-0.4, -0.2) is 43.2 Å². The standard InChI is InChI=1S/C19H23N3O3S/c23-19(21-12-10-16-7-6-11-20-15-16)17-8-2-3-9-18(17)26(24,25)22-13-4-1-5-14-22/h2-3,6-9,11,15H,1,4-5,10,12-14H2,(H,21,23). The van der Waals surface area contributed by atoms with E-state index in [1.165, 1.54) is 10.4 Å². The number of carbonyl (C=O) groups is 1. The first kappa shape index (κ1) is 18.5. The Morgan fingerprint density at radius 2 is 1.85 bits per heavy atom. The molecule has 6 nitrogen and oxygen atoms in total. The average molecular weight is 373 g/mol. The van der Waals surface area contributed by atoms with Crippen LogP contribution in [0, 0.1) is 0 Å². The van der Waals surface area contributed by atoms with E-state index in [0.717, 1.165) is 24.8 Å². The third kappa shape index (κ3) is 4.28. The lowest BCUT2D eigenvalue weighted by atomic mass is 10.2. The van der Waals surface area contributed by atoms with Gasteiger partial charge in [-0.2, -0.15) is 4.31 Å². The van der Waals surface area contributed by atoms with E-state index >= 15 is 0 Å². The van der Waals surface area contributed by atoms with E-state index in [1.54, 1.807) is 30.6 Å². The zero-order valence-electron chi connectivity index (χ0n) is 14.6. The minimum atomic E-state index is -3.65. The first-order chi connectivity index (χ1) is 12.6. The second-order valence-electron chi connectivity index (χ2n) is 6.33. The normalized spacial score (nSPS) is 15.5. The second-order valence-corrected chi connectivity index (χ2v) is 8.23. The summed E-state index contributed by atoms with van der Waals surface area (Å²) in [6.45, 7) is 1.45. The second kappa shape index (κ2) is 8.42. The molecule has 0 saturated carbocycles. The van der Waals surface area contributed by atoms with Gasteiger partial charge in [-0.05, 0) is 43.0 Å². The lowest BCUT2D eigenvalue weighted by Gasteiger charge is -2.26. The number of pyridine rings is 1. The summed E-state index contributed by atoms with van der Waals surface area (Å²) in [6.07, 6.45) is 6.85. The van der Waals surface area contributed by atoms with Gasteiger partial charge < -0.3 is 5.32 Å². The predicted molar refractivity (Wildman–Crippen MR) is 99.3 cm³/mol. The van der Waals surface area contributed by atoms with Gasteiger partial charge in [-0.25, -0.2) is 8.42 Å². The van der Waals surface area contributed by atoms with Crippen molar-refractivity contribution in [3.8, 4) is 0 Å². The third-order valence-corrected chi connectivity index (χ3v) is 6.44. The Morgan fingerprint density at radius 1 is 1.08 bits per heavy atom. The molecule has 1 aliphatic heterocycles. The molecule has 0 atom stereocenters. The molecule has 1 amide bonds. The highest BCUT2D eigenvalue weighted by molar-refractivity contribution is 7.89. The zero-order valence-corrected chi connectivity index (χ0v) is 15.4. The maximum absolute atomic E-state index is 12.9. The largest absolute Gasteiger partial charge is 0.352 e. The molecule has 7 heteroatoms. The molecule has 0 unspecified atom stereocenters. The Hall–Kier alpha value is -2.25. The highest BCUT2D eigenvalue weighted by atomic mass is 32.2. The maximum Gasteiger partial charge on any atom is 0.252 e. The molecule has 1 aliphatic rings. The molecule has 1 aromatic heterocycles. The van der Waals surface area contributed by atoms with Crippen molar-refractivity contribution in [3.05, 3.63) is 59.9 Å². The van der Waals surface area contributed by atoms with E-state index in [-0.39, 0.29) is 16.4 Å². The highest BCUT2D eigenvalue weighted by Gasteiger charge is 2.29. The van der Waals surface area contributed by atoms with Gasteiger partial charge in [0, 0.05) is 32.0 Å². The van der Waals surface area contributed by atoms with Crippen molar-refractivity contribution >= 4 is 15.9 Å². The summed E-state index contributed by atoms with van der Waals surface area (Å²) in [7, 11) is -3.65. The van der Waals surface area contributed by atoms with E-state index in [4.69, 9.17) is 0 Å². The topological polar surface area (TPSA) is 79.4 Å². The molecule has 1 saturated heterocycles. The molecule has 138 valence electrons. The van der Waals surface area contributed by atoms with Crippen LogP contribution in [0.25, 0.3) is 0 Å². The Morgan fingerprint density at radius 3 is 2.58 bits per heavy atom. The smallest absolute Gasteiger partial charge is 0.252 e. The fraction of sp³-hybridized carbons (Fsp3) is 0.368. The number of nitrogens with one attached hydrogen (secondary N) is 1. The summed E-state index contributed by atoms with van der Waals surface area (Å²) >= 11 is 0. The van der Waals surface area contributed by atoms with Crippen LogP contribution in [0.1, 0.15) is 35.2 Å². The maximum atomic E-state index is 12.9. The SMILES string of the molecule is O=C(NCCc1cccnc1)c1ccccc1S(=O)(=O)N1CCCCC1. The first-order valence-electron chi connectivity index (χ1n) is 8.85. The molecular formula is C19H23N3O3S. The van der Waals surface area contributed by atoms with Crippen molar-refractivity contribution in [3.63, 3.8) is 0 Å². The number of piperidine rings is 1. The Bertz CT molecular complexity index is 847. The minimum Gasteiger partial charge on any atom is -0.352 e. The molecule has 1 fully saturated rings. The summed E-state index contributed by atoms with van der Waals surface area (Å²) in [5.41, 5.74) is 1.21. The molecule has 26 heavy (non-hydrogen) atoms. The Labute approximate surface area is 154 Å². The third-order valence-electron chi connectivity index (χ3n) is 4.49. The minimum absolute atomic E-state index is 0.0841. The number of hydrogen-bond acceptors (Lipinski definition) is 4. The number of hydrogen-bond donors (Lipinski definition) is 1. The fourth-order valence-corrected chi connectivity index (χ4v) is 4.79. The molecule has 0 spiro atoms. The molecule has 0 bridgehead atoms. The van der Waals surface area contributed by atoms with E-state index in [2.05, 4.69) is 10.3 Å². The number of sulfonamides is 1. The quantitative estimate of drug-likeness (QED) is 0.842. The van der Waals surface area contributed by atoms with Gasteiger partial charge >= 0.3 is 0 Å².